The SMILES string of the molecule is O=S(=O)(c1ccc(Cl)c(Cl)c1)N1CCN2C[C@H](Oc3cnc(C4CC4)cn3)C[C@H]2C1. The lowest BCUT2D eigenvalue weighted by molar-refractivity contribution is 0.151. The number of nitrogens with zero attached hydrogens (tertiary/aromatic N) is 4. The van der Waals surface area contributed by atoms with Gasteiger partial charge in [-0.15, -0.1) is 0 Å². The first-order valence-corrected chi connectivity index (χ1v) is 12.3. The molecule has 160 valence electrons. The quantitative estimate of drug-likeness (QED) is 0.670. The fourth-order valence-corrected chi connectivity index (χ4v) is 6.06. The van der Waals surface area contributed by atoms with E-state index in [9.17, 15) is 8.42 Å². The van der Waals surface area contributed by atoms with Gasteiger partial charge in [0.1, 0.15) is 6.10 Å². The summed E-state index contributed by atoms with van der Waals surface area (Å²) in [6.07, 6.45) is 6.61. The van der Waals surface area contributed by atoms with Crippen LogP contribution in [0, 0.1) is 0 Å². The van der Waals surface area contributed by atoms with Gasteiger partial charge in [0, 0.05) is 44.6 Å². The molecular weight excluding hydrogens is 447 g/mol. The molecule has 3 aliphatic rings. The molecule has 2 saturated heterocycles. The molecule has 30 heavy (non-hydrogen) atoms. The third-order valence-electron chi connectivity index (χ3n) is 6.00. The minimum Gasteiger partial charge on any atom is -0.472 e. The highest BCUT2D eigenvalue weighted by atomic mass is 35.5. The van der Waals surface area contributed by atoms with Crippen molar-refractivity contribution < 1.29 is 13.2 Å². The summed E-state index contributed by atoms with van der Waals surface area (Å²) in [6, 6.07) is 4.54. The van der Waals surface area contributed by atoms with E-state index in [0.717, 1.165) is 18.7 Å². The number of hydrogen-bond donors (Lipinski definition) is 0. The van der Waals surface area contributed by atoms with Crippen LogP contribution < -0.4 is 4.74 Å². The average Bonchev–Trinajstić information content (AvgIpc) is 3.50. The molecule has 1 saturated carbocycles. The Morgan fingerprint density at radius 3 is 2.57 bits per heavy atom. The van der Waals surface area contributed by atoms with Crippen LogP contribution >= 0.6 is 23.2 Å². The number of piperazine rings is 1. The molecule has 0 amide bonds. The number of hydrogen-bond acceptors (Lipinski definition) is 6. The molecule has 0 N–H and O–H groups in total. The van der Waals surface area contributed by atoms with Crippen LogP contribution in [0.1, 0.15) is 30.9 Å². The maximum atomic E-state index is 13.1. The molecule has 5 rings (SSSR count). The molecule has 2 aliphatic heterocycles. The van der Waals surface area contributed by atoms with Crippen molar-refractivity contribution in [3.8, 4) is 5.88 Å². The maximum Gasteiger partial charge on any atom is 0.243 e. The molecule has 1 aromatic carbocycles. The van der Waals surface area contributed by atoms with Gasteiger partial charge >= 0.3 is 0 Å². The normalized spacial score (nSPS) is 25.3. The number of halogens is 2. The predicted octanol–water partition coefficient (Wildman–Crippen LogP) is 3.19. The van der Waals surface area contributed by atoms with E-state index >= 15 is 0 Å². The largest absolute Gasteiger partial charge is 0.472 e. The Morgan fingerprint density at radius 2 is 1.87 bits per heavy atom. The highest BCUT2D eigenvalue weighted by Crippen LogP contribution is 2.38. The van der Waals surface area contributed by atoms with Crippen molar-refractivity contribution in [1.29, 1.82) is 0 Å². The van der Waals surface area contributed by atoms with E-state index in [-0.39, 0.29) is 22.1 Å². The molecule has 0 spiro atoms. The minimum absolute atomic E-state index is 0.0243. The lowest BCUT2D eigenvalue weighted by atomic mass is 10.2. The van der Waals surface area contributed by atoms with Crippen molar-refractivity contribution in [3.05, 3.63) is 46.3 Å². The van der Waals surface area contributed by atoms with Crippen molar-refractivity contribution >= 4 is 33.2 Å². The number of ether oxygens (including phenoxy) is 1. The first-order valence-electron chi connectivity index (χ1n) is 10.1. The summed E-state index contributed by atoms with van der Waals surface area (Å²) in [5, 5.41) is 0.573. The maximum absolute atomic E-state index is 13.1. The lowest BCUT2D eigenvalue weighted by Gasteiger charge is -2.36. The zero-order valence-corrected chi connectivity index (χ0v) is 18.6. The third kappa shape index (κ3) is 4.03. The van der Waals surface area contributed by atoms with E-state index in [1.54, 1.807) is 12.4 Å². The lowest BCUT2D eigenvalue weighted by Crippen LogP contribution is -2.51. The summed E-state index contributed by atoms with van der Waals surface area (Å²) in [7, 11) is -3.62. The van der Waals surface area contributed by atoms with Crippen LogP contribution in [0.3, 0.4) is 0 Å². The van der Waals surface area contributed by atoms with Crippen molar-refractivity contribution in [3.63, 3.8) is 0 Å². The van der Waals surface area contributed by atoms with E-state index in [2.05, 4.69) is 14.9 Å². The van der Waals surface area contributed by atoms with Crippen molar-refractivity contribution in [1.82, 2.24) is 19.2 Å². The highest BCUT2D eigenvalue weighted by molar-refractivity contribution is 7.89. The summed E-state index contributed by atoms with van der Waals surface area (Å²) >= 11 is 12.0. The average molecular weight is 469 g/mol. The topological polar surface area (TPSA) is 75.6 Å². The van der Waals surface area contributed by atoms with E-state index in [0.29, 0.717) is 36.5 Å². The second-order valence-electron chi connectivity index (χ2n) is 8.12. The fraction of sp³-hybridized carbons (Fsp3) is 0.500. The molecular formula is C20H22Cl2N4O3S. The zero-order valence-electron chi connectivity index (χ0n) is 16.2. The van der Waals surface area contributed by atoms with Crippen LogP contribution in [-0.4, -0.2) is 65.9 Å². The summed E-state index contributed by atoms with van der Waals surface area (Å²) in [6.45, 7) is 2.28. The molecule has 1 aliphatic carbocycles. The molecule has 3 heterocycles. The minimum atomic E-state index is -3.62. The molecule has 7 nitrogen and oxygen atoms in total. The Balaban J connectivity index is 1.23. The van der Waals surface area contributed by atoms with Crippen molar-refractivity contribution in [2.45, 2.75) is 42.2 Å². The van der Waals surface area contributed by atoms with Crippen molar-refractivity contribution in [2.75, 3.05) is 26.2 Å². The fourth-order valence-electron chi connectivity index (χ4n) is 4.21. The highest BCUT2D eigenvalue weighted by Gasteiger charge is 2.41. The monoisotopic (exact) mass is 468 g/mol. The van der Waals surface area contributed by atoms with Gasteiger partial charge < -0.3 is 4.74 Å². The molecule has 2 aromatic rings. The van der Waals surface area contributed by atoms with Gasteiger partial charge in [-0.05, 0) is 31.0 Å². The number of sulfonamides is 1. The van der Waals surface area contributed by atoms with Crippen LogP contribution in [0.15, 0.2) is 35.5 Å². The number of fused-ring (bicyclic) bond motifs is 1. The van der Waals surface area contributed by atoms with Gasteiger partial charge in [-0.3, -0.25) is 9.88 Å². The van der Waals surface area contributed by atoms with Gasteiger partial charge in [0.2, 0.25) is 15.9 Å². The second-order valence-corrected chi connectivity index (χ2v) is 10.9. The van der Waals surface area contributed by atoms with Gasteiger partial charge in [-0.25, -0.2) is 13.4 Å². The number of aromatic nitrogens is 2. The van der Waals surface area contributed by atoms with Gasteiger partial charge in [-0.1, -0.05) is 23.2 Å². The molecule has 3 fully saturated rings. The van der Waals surface area contributed by atoms with Crippen molar-refractivity contribution in [2.24, 2.45) is 0 Å². The van der Waals surface area contributed by atoms with Gasteiger partial charge in [-0.2, -0.15) is 4.31 Å². The predicted molar refractivity (Wildman–Crippen MR) is 114 cm³/mol. The molecule has 2 atom stereocenters. The van der Waals surface area contributed by atoms with E-state index in [1.807, 2.05) is 0 Å². The van der Waals surface area contributed by atoms with Gasteiger partial charge in [0.05, 0.1) is 33.0 Å². The van der Waals surface area contributed by atoms with Gasteiger partial charge in [0.15, 0.2) is 0 Å². The first-order chi connectivity index (χ1) is 14.4. The van der Waals surface area contributed by atoms with E-state index in [4.69, 9.17) is 27.9 Å². The Hall–Kier alpha value is -1.45. The smallest absolute Gasteiger partial charge is 0.243 e. The van der Waals surface area contributed by atoms with E-state index < -0.39 is 10.0 Å². The Kier molecular flexibility index (Phi) is 5.39. The van der Waals surface area contributed by atoms with Crippen LogP contribution in [0.2, 0.25) is 10.0 Å². The van der Waals surface area contributed by atoms with Crippen LogP contribution in [0.25, 0.3) is 0 Å². The number of rotatable bonds is 5. The molecule has 0 radical (unpaired) electrons. The Labute approximate surface area is 186 Å². The van der Waals surface area contributed by atoms with Crippen LogP contribution in [-0.2, 0) is 10.0 Å². The van der Waals surface area contributed by atoms with Crippen LogP contribution in [0.5, 0.6) is 5.88 Å². The third-order valence-corrected chi connectivity index (χ3v) is 8.60. The molecule has 0 unspecified atom stereocenters. The van der Waals surface area contributed by atoms with Gasteiger partial charge in [0.25, 0.3) is 0 Å². The summed E-state index contributed by atoms with van der Waals surface area (Å²) in [5.74, 6) is 1.10. The summed E-state index contributed by atoms with van der Waals surface area (Å²) in [5.41, 5.74) is 1.04. The first kappa shape index (κ1) is 20.5. The second kappa shape index (κ2) is 7.91. The van der Waals surface area contributed by atoms with Crippen LogP contribution in [0.4, 0.5) is 0 Å². The molecule has 10 heteroatoms. The summed E-state index contributed by atoms with van der Waals surface area (Å²) in [4.78, 5) is 11.3. The summed E-state index contributed by atoms with van der Waals surface area (Å²) < 4.78 is 33.7. The Bertz CT molecular complexity index is 1050. The van der Waals surface area contributed by atoms with E-state index in [1.165, 1.54) is 35.3 Å². The zero-order chi connectivity index (χ0) is 20.9. The number of benzene rings is 1. The molecule has 1 aromatic heterocycles. The molecule has 0 bridgehead atoms. The Morgan fingerprint density at radius 1 is 1.03 bits per heavy atom. The standard InChI is InChI=1S/C20H22Cl2N4O3S/c21-17-4-3-16(8-18(17)22)30(27,28)26-6-5-25-12-15(7-14(25)11-26)29-20-10-23-19(9-24-20)13-1-2-13/h3-4,8-10,13-15H,1-2,5-7,11-12H2/t14-,15+/m0/s1.